The van der Waals surface area contributed by atoms with Crippen LogP contribution in [0.25, 0.3) is 0 Å². The SMILES string of the molecule is COc1ccc(CCCC(=O)NC2(C(=O)O)CC2)cc1. The van der Waals surface area contributed by atoms with E-state index < -0.39 is 11.5 Å². The summed E-state index contributed by atoms with van der Waals surface area (Å²) < 4.78 is 5.08. The number of carboxylic acid groups (broad SMARTS) is 1. The summed E-state index contributed by atoms with van der Waals surface area (Å²) in [6.45, 7) is 0. The number of nitrogens with one attached hydrogen (secondary N) is 1. The number of carbonyl (C=O) groups is 2. The van der Waals surface area contributed by atoms with Crippen LogP contribution in [-0.4, -0.2) is 29.6 Å². The summed E-state index contributed by atoms with van der Waals surface area (Å²) in [5, 5.41) is 11.6. The Morgan fingerprint density at radius 3 is 2.45 bits per heavy atom. The Labute approximate surface area is 117 Å². The molecule has 1 fully saturated rings. The van der Waals surface area contributed by atoms with Crippen LogP contribution < -0.4 is 10.1 Å². The lowest BCUT2D eigenvalue weighted by Gasteiger charge is -2.12. The molecule has 0 bridgehead atoms. The molecule has 1 saturated carbocycles. The van der Waals surface area contributed by atoms with Crippen molar-refractivity contribution in [3.05, 3.63) is 29.8 Å². The Bertz CT molecular complexity index is 491. The van der Waals surface area contributed by atoms with Crippen LogP contribution in [0, 0.1) is 0 Å². The number of carbonyl (C=O) groups excluding carboxylic acids is 1. The van der Waals surface area contributed by atoms with Gasteiger partial charge in [-0.1, -0.05) is 12.1 Å². The van der Waals surface area contributed by atoms with E-state index in [0.717, 1.165) is 17.7 Å². The molecule has 0 aliphatic heterocycles. The van der Waals surface area contributed by atoms with Gasteiger partial charge in [-0.25, -0.2) is 4.79 Å². The third kappa shape index (κ3) is 3.50. The summed E-state index contributed by atoms with van der Waals surface area (Å²) in [4.78, 5) is 22.6. The van der Waals surface area contributed by atoms with Crippen LogP contribution in [0.5, 0.6) is 5.75 Å². The summed E-state index contributed by atoms with van der Waals surface area (Å²) in [7, 11) is 1.62. The topological polar surface area (TPSA) is 75.6 Å². The molecule has 2 N–H and O–H groups in total. The number of ether oxygens (including phenoxy) is 1. The summed E-state index contributed by atoms with van der Waals surface area (Å²) in [6.07, 6.45) is 2.91. The molecule has 1 aliphatic rings. The monoisotopic (exact) mass is 277 g/mol. The minimum Gasteiger partial charge on any atom is -0.497 e. The Morgan fingerprint density at radius 1 is 1.30 bits per heavy atom. The van der Waals surface area contributed by atoms with E-state index in [1.165, 1.54) is 0 Å². The Balaban J connectivity index is 1.72. The molecule has 0 unspecified atom stereocenters. The molecule has 0 saturated heterocycles. The van der Waals surface area contributed by atoms with Crippen molar-refractivity contribution >= 4 is 11.9 Å². The lowest BCUT2D eigenvalue weighted by Crippen LogP contribution is -2.42. The van der Waals surface area contributed by atoms with E-state index in [9.17, 15) is 9.59 Å². The van der Waals surface area contributed by atoms with Gasteiger partial charge in [-0.3, -0.25) is 4.79 Å². The highest BCUT2D eigenvalue weighted by atomic mass is 16.5. The quantitative estimate of drug-likeness (QED) is 0.796. The van der Waals surface area contributed by atoms with Crippen molar-refractivity contribution in [2.24, 2.45) is 0 Å². The van der Waals surface area contributed by atoms with E-state index in [1.54, 1.807) is 7.11 Å². The molecule has 5 nitrogen and oxygen atoms in total. The minimum atomic E-state index is -0.975. The van der Waals surface area contributed by atoms with Crippen LogP contribution in [0.1, 0.15) is 31.2 Å². The first-order valence-corrected chi connectivity index (χ1v) is 6.73. The maximum Gasteiger partial charge on any atom is 0.329 e. The van der Waals surface area contributed by atoms with E-state index in [1.807, 2.05) is 24.3 Å². The number of hydrogen-bond acceptors (Lipinski definition) is 3. The lowest BCUT2D eigenvalue weighted by molar-refractivity contribution is -0.143. The van der Waals surface area contributed by atoms with Gasteiger partial charge < -0.3 is 15.2 Å². The number of aryl methyl sites for hydroxylation is 1. The zero-order chi connectivity index (χ0) is 14.6. The average molecular weight is 277 g/mol. The molecule has 2 rings (SSSR count). The molecule has 1 amide bonds. The van der Waals surface area contributed by atoms with Gasteiger partial charge in [0.15, 0.2) is 0 Å². The smallest absolute Gasteiger partial charge is 0.329 e. The Hall–Kier alpha value is -2.04. The number of amides is 1. The zero-order valence-electron chi connectivity index (χ0n) is 11.5. The van der Waals surface area contributed by atoms with Crippen LogP contribution in [0.15, 0.2) is 24.3 Å². The highest BCUT2D eigenvalue weighted by Gasteiger charge is 2.51. The molecule has 1 aliphatic carbocycles. The molecule has 0 atom stereocenters. The Kier molecular flexibility index (Phi) is 4.27. The van der Waals surface area contributed by atoms with Gasteiger partial charge in [-0.05, 0) is 43.4 Å². The van der Waals surface area contributed by atoms with Crippen molar-refractivity contribution in [3.63, 3.8) is 0 Å². The molecule has 20 heavy (non-hydrogen) atoms. The van der Waals surface area contributed by atoms with Gasteiger partial charge in [-0.2, -0.15) is 0 Å². The highest BCUT2D eigenvalue weighted by Crippen LogP contribution is 2.35. The number of aliphatic carboxylic acids is 1. The molecule has 1 aromatic rings. The largest absolute Gasteiger partial charge is 0.497 e. The fourth-order valence-corrected chi connectivity index (χ4v) is 2.09. The molecule has 108 valence electrons. The minimum absolute atomic E-state index is 0.182. The first kappa shape index (κ1) is 14.4. The molecular weight excluding hydrogens is 258 g/mol. The van der Waals surface area contributed by atoms with Crippen molar-refractivity contribution in [2.45, 2.75) is 37.6 Å². The second-order valence-electron chi connectivity index (χ2n) is 5.14. The predicted molar refractivity (Wildman–Crippen MR) is 73.7 cm³/mol. The van der Waals surface area contributed by atoms with E-state index in [-0.39, 0.29) is 5.91 Å². The van der Waals surface area contributed by atoms with Gasteiger partial charge in [0, 0.05) is 6.42 Å². The van der Waals surface area contributed by atoms with E-state index in [4.69, 9.17) is 9.84 Å². The standard InChI is InChI=1S/C15H19NO4/c1-20-12-7-5-11(6-8-12)3-2-4-13(17)16-15(9-10-15)14(18)19/h5-8H,2-4,9-10H2,1H3,(H,16,17)(H,18,19). The predicted octanol–water partition coefficient (Wildman–Crippen LogP) is 1.75. The van der Waals surface area contributed by atoms with E-state index in [0.29, 0.717) is 25.7 Å². The molecule has 0 heterocycles. The number of carboxylic acids is 1. The number of benzene rings is 1. The third-order valence-corrected chi connectivity index (χ3v) is 3.57. The van der Waals surface area contributed by atoms with Gasteiger partial charge >= 0.3 is 5.97 Å². The second-order valence-corrected chi connectivity index (χ2v) is 5.14. The zero-order valence-corrected chi connectivity index (χ0v) is 11.5. The van der Waals surface area contributed by atoms with Gasteiger partial charge in [0.25, 0.3) is 0 Å². The van der Waals surface area contributed by atoms with Crippen molar-refractivity contribution in [2.75, 3.05) is 7.11 Å². The molecule has 0 radical (unpaired) electrons. The summed E-state index contributed by atoms with van der Waals surface area (Å²) in [5.41, 5.74) is 0.162. The fourth-order valence-electron chi connectivity index (χ4n) is 2.09. The normalized spacial score (nSPS) is 15.4. The summed E-state index contributed by atoms with van der Waals surface area (Å²) >= 11 is 0. The van der Waals surface area contributed by atoms with E-state index >= 15 is 0 Å². The van der Waals surface area contributed by atoms with Gasteiger partial charge in [0.05, 0.1) is 7.11 Å². The molecule has 1 aromatic carbocycles. The van der Waals surface area contributed by atoms with E-state index in [2.05, 4.69) is 5.32 Å². The maximum absolute atomic E-state index is 11.7. The maximum atomic E-state index is 11.7. The Morgan fingerprint density at radius 2 is 1.95 bits per heavy atom. The number of rotatable bonds is 7. The molecular formula is C15H19NO4. The second kappa shape index (κ2) is 5.94. The van der Waals surface area contributed by atoms with Crippen LogP contribution in [0.3, 0.4) is 0 Å². The van der Waals surface area contributed by atoms with Crippen molar-refractivity contribution in [1.29, 1.82) is 0 Å². The molecule has 0 aromatic heterocycles. The molecule has 5 heteroatoms. The number of methoxy groups -OCH3 is 1. The van der Waals surface area contributed by atoms with Crippen molar-refractivity contribution in [3.8, 4) is 5.75 Å². The lowest BCUT2D eigenvalue weighted by atomic mass is 10.1. The first-order valence-electron chi connectivity index (χ1n) is 6.73. The van der Waals surface area contributed by atoms with Gasteiger partial charge in [0.2, 0.25) is 5.91 Å². The first-order chi connectivity index (χ1) is 9.55. The highest BCUT2D eigenvalue weighted by molar-refractivity contribution is 5.89. The fraction of sp³-hybridized carbons (Fsp3) is 0.467. The van der Waals surface area contributed by atoms with Crippen LogP contribution >= 0.6 is 0 Å². The summed E-state index contributed by atoms with van der Waals surface area (Å²) in [5.74, 6) is -0.303. The molecule has 0 spiro atoms. The van der Waals surface area contributed by atoms with Crippen molar-refractivity contribution in [1.82, 2.24) is 5.32 Å². The van der Waals surface area contributed by atoms with Crippen LogP contribution in [0.4, 0.5) is 0 Å². The van der Waals surface area contributed by atoms with Gasteiger partial charge in [-0.15, -0.1) is 0 Å². The van der Waals surface area contributed by atoms with Crippen molar-refractivity contribution < 1.29 is 19.4 Å². The van der Waals surface area contributed by atoms with Gasteiger partial charge in [0.1, 0.15) is 11.3 Å². The summed E-state index contributed by atoms with van der Waals surface area (Å²) in [6, 6.07) is 7.71. The average Bonchev–Trinajstić information content (AvgIpc) is 3.20. The van der Waals surface area contributed by atoms with Crippen LogP contribution in [-0.2, 0) is 16.0 Å². The van der Waals surface area contributed by atoms with Crippen LogP contribution in [0.2, 0.25) is 0 Å². The number of hydrogen-bond donors (Lipinski definition) is 2. The third-order valence-electron chi connectivity index (χ3n) is 3.57.